The molecule has 0 aromatic heterocycles. The molecular formula is C14H17F2NO2. The van der Waals surface area contributed by atoms with Gasteiger partial charge in [0.15, 0.2) is 5.82 Å². The lowest BCUT2D eigenvalue weighted by Gasteiger charge is -2.09. The van der Waals surface area contributed by atoms with Crippen LogP contribution in [0.15, 0.2) is 23.8 Å². The standard InChI is InChI=1S/C14H17F2NO2/c1-4-10(14(18)19-3)7-8-17-13-11(15)6-5-9(2)12(13)16/h5-7,17H,4,8H2,1-3H3/b10-7-. The summed E-state index contributed by atoms with van der Waals surface area (Å²) in [5, 5.41) is 2.63. The number of aryl methyl sites for hydroxylation is 1. The van der Waals surface area contributed by atoms with Gasteiger partial charge in [0.25, 0.3) is 0 Å². The Morgan fingerprint density at radius 3 is 2.68 bits per heavy atom. The zero-order valence-electron chi connectivity index (χ0n) is 11.2. The molecule has 1 aromatic rings. The summed E-state index contributed by atoms with van der Waals surface area (Å²) in [5.41, 5.74) is 0.636. The van der Waals surface area contributed by atoms with Crippen LogP contribution >= 0.6 is 0 Å². The fourth-order valence-corrected chi connectivity index (χ4v) is 1.60. The first-order valence-electron chi connectivity index (χ1n) is 5.97. The summed E-state index contributed by atoms with van der Waals surface area (Å²) in [6, 6.07) is 2.57. The third-order valence-electron chi connectivity index (χ3n) is 2.74. The monoisotopic (exact) mass is 269 g/mol. The second-order valence-corrected chi connectivity index (χ2v) is 4.01. The first kappa shape index (κ1) is 15.1. The van der Waals surface area contributed by atoms with E-state index in [2.05, 4.69) is 10.1 Å². The van der Waals surface area contributed by atoms with Crippen LogP contribution in [-0.4, -0.2) is 19.6 Å². The van der Waals surface area contributed by atoms with Gasteiger partial charge >= 0.3 is 5.97 Å². The summed E-state index contributed by atoms with van der Waals surface area (Å²) < 4.78 is 31.7. The third-order valence-corrected chi connectivity index (χ3v) is 2.74. The molecule has 0 bridgehead atoms. The Bertz CT molecular complexity index is 498. The molecule has 19 heavy (non-hydrogen) atoms. The molecule has 0 radical (unpaired) electrons. The van der Waals surface area contributed by atoms with E-state index in [1.54, 1.807) is 19.9 Å². The average Bonchev–Trinajstić information content (AvgIpc) is 2.41. The summed E-state index contributed by atoms with van der Waals surface area (Å²) in [6.07, 6.45) is 2.06. The highest BCUT2D eigenvalue weighted by molar-refractivity contribution is 5.88. The van der Waals surface area contributed by atoms with Crippen LogP contribution in [0.1, 0.15) is 18.9 Å². The van der Waals surface area contributed by atoms with Crippen LogP contribution in [-0.2, 0) is 9.53 Å². The minimum atomic E-state index is -0.660. The molecule has 0 aliphatic carbocycles. The van der Waals surface area contributed by atoms with Gasteiger partial charge in [0.2, 0.25) is 0 Å². The van der Waals surface area contributed by atoms with Gasteiger partial charge in [-0.25, -0.2) is 13.6 Å². The van der Waals surface area contributed by atoms with Crippen LogP contribution in [0, 0.1) is 18.6 Å². The van der Waals surface area contributed by atoms with Gasteiger partial charge in [-0.05, 0) is 25.0 Å². The zero-order valence-corrected chi connectivity index (χ0v) is 11.2. The molecular weight excluding hydrogens is 252 g/mol. The summed E-state index contributed by atoms with van der Waals surface area (Å²) in [5.74, 6) is -1.72. The molecule has 0 atom stereocenters. The number of esters is 1. The maximum atomic E-state index is 13.7. The van der Waals surface area contributed by atoms with E-state index in [1.807, 2.05) is 0 Å². The zero-order chi connectivity index (χ0) is 14.4. The normalized spacial score (nSPS) is 11.3. The quantitative estimate of drug-likeness (QED) is 0.659. The molecule has 104 valence electrons. The van der Waals surface area contributed by atoms with Crippen LogP contribution < -0.4 is 5.32 Å². The highest BCUT2D eigenvalue weighted by Crippen LogP contribution is 2.21. The van der Waals surface area contributed by atoms with Crippen molar-refractivity contribution in [3.05, 3.63) is 41.0 Å². The van der Waals surface area contributed by atoms with E-state index in [-0.39, 0.29) is 12.2 Å². The van der Waals surface area contributed by atoms with Crippen molar-refractivity contribution in [2.75, 3.05) is 19.0 Å². The maximum absolute atomic E-state index is 13.7. The van der Waals surface area contributed by atoms with Crippen molar-refractivity contribution in [1.29, 1.82) is 0 Å². The second-order valence-electron chi connectivity index (χ2n) is 4.01. The van der Waals surface area contributed by atoms with Gasteiger partial charge in [-0.2, -0.15) is 0 Å². The number of nitrogens with one attached hydrogen (secondary N) is 1. The first-order valence-corrected chi connectivity index (χ1v) is 5.97. The summed E-state index contributed by atoms with van der Waals surface area (Å²) in [6.45, 7) is 3.51. The lowest BCUT2D eigenvalue weighted by Crippen LogP contribution is -2.09. The van der Waals surface area contributed by atoms with Crippen molar-refractivity contribution in [2.24, 2.45) is 0 Å². The van der Waals surface area contributed by atoms with Crippen molar-refractivity contribution in [1.82, 2.24) is 0 Å². The number of hydrogen-bond donors (Lipinski definition) is 1. The highest BCUT2D eigenvalue weighted by atomic mass is 19.1. The van der Waals surface area contributed by atoms with Gasteiger partial charge in [0.1, 0.15) is 11.5 Å². The highest BCUT2D eigenvalue weighted by Gasteiger charge is 2.11. The van der Waals surface area contributed by atoms with Crippen molar-refractivity contribution in [3.63, 3.8) is 0 Å². The SMILES string of the molecule is CC/C(=C/CNc1c(F)ccc(C)c1F)C(=O)OC. The van der Waals surface area contributed by atoms with Crippen molar-refractivity contribution < 1.29 is 18.3 Å². The fraction of sp³-hybridized carbons (Fsp3) is 0.357. The summed E-state index contributed by atoms with van der Waals surface area (Å²) in [7, 11) is 1.29. The molecule has 0 spiro atoms. The molecule has 0 fully saturated rings. The van der Waals surface area contributed by atoms with E-state index in [0.717, 1.165) is 0 Å². The molecule has 1 rings (SSSR count). The van der Waals surface area contributed by atoms with E-state index in [1.165, 1.54) is 19.2 Å². The summed E-state index contributed by atoms with van der Waals surface area (Å²) >= 11 is 0. The molecule has 1 aromatic carbocycles. The molecule has 0 saturated carbocycles. The van der Waals surface area contributed by atoms with Gasteiger partial charge in [-0.3, -0.25) is 0 Å². The Labute approximate surface area is 111 Å². The smallest absolute Gasteiger partial charge is 0.333 e. The minimum Gasteiger partial charge on any atom is -0.466 e. The van der Waals surface area contributed by atoms with Crippen molar-refractivity contribution >= 4 is 11.7 Å². The molecule has 0 unspecified atom stereocenters. The number of benzene rings is 1. The number of ether oxygens (including phenoxy) is 1. The van der Waals surface area contributed by atoms with Gasteiger partial charge in [0, 0.05) is 12.1 Å². The van der Waals surface area contributed by atoms with E-state index >= 15 is 0 Å². The largest absolute Gasteiger partial charge is 0.466 e. The van der Waals surface area contributed by atoms with Crippen LogP contribution in [0.2, 0.25) is 0 Å². The molecule has 0 aliphatic rings. The second kappa shape index (κ2) is 6.87. The predicted octanol–water partition coefficient (Wildman–Crippen LogP) is 3.19. The van der Waals surface area contributed by atoms with Crippen molar-refractivity contribution in [2.45, 2.75) is 20.3 Å². The van der Waals surface area contributed by atoms with Gasteiger partial charge in [0.05, 0.1) is 7.11 Å². The number of hydrogen-bond acceptors (Lipinski definition) is 3. The lowest BCUT2D eigenvalue weighted by atomic mass is 10.1. The molecule has 0 heterocycles. The Hall–Kier alpha value is -1.91. The Kier molecular flexibility index (Phi) is 5.48. The van der Waals surface area contributed by atoms with Gasteiger partial charge in [-0.15, -0.1) is 0 Å². The predicted molar refractivity (Wildman–Crippen MR) is 70.0 cm³/mol. The topological polar surface area (TPSA) is 38.3 Å². The molecule has 0 aliphatic heterocycles. The molecule has 0 amide bonds. The van der Waals surface area contributed by atoms with E-state index in [0.29, 0.717) is 17.6 Å². The van der Waals surface area contributed by atoms with Gasteiger partial charge < -0.3 is 10.1 Å². The van der Waals surface area contributed by atoms with E-state index in [9.17, 15) is 13.6 Å². The number of carbonyl (C=O) groups is 1. The maximum Gasteiger partial charge on any atom is 0.333 e. The number of methoxy groups -OCH3 is 1. The average molecular weight is 269 g/mol. The van der Waals surface area contributed by atoms with E-state index in [4.69, 9.17) is 0 Å². The Morgan fingerprint density at radius 1 is 1.42 bits per heavy atom. The fourth-order valence-electron chi connectivity index (χ4n) is 1.60. The van der Waals surface area contributed by atoms with Gasteiger partial charge in [-0.1, -0.05) is 19.1 Å². The molecule has 3 nitrogen and oxygen atoms in total. The number of rotatable bonds is 5. The van der Waals surface area contributed by atoms with E-state index < -0.39 is 17.6 Å². The molecule has 5 heteroatoms. The van der Waals surface area contributed by atoms with Crippen molar-refractivity contribution in [3.8, 4) is 0 Å². The first-order chi connectivity index (χ1) is 9.01. The Balaban J connectivity index is 2.80. The Morgan fingerprint density at radius 2 is 2.11 bits per heavy atom. The third kappa shape index (κ3) is 3.77. The number of halogens is 2. The number of carbonyl (C=O) groups excluding carboxylic acids is 1. The lowest BCUT2D eigenvalue weighted by molar-refractivity contribution is -0.136. The molecule has 0 saturated heterocycles. The van der Waals surface area contributed by atoms with Crippen LogP contribution in [0.5, 0.6) is 0 Å². The molecule has 1 N–H and O–H groups in total. The minimum absolute atomic E-state index is 0.148. The summed E-state index contributed by atoms with van der Waals surface area (Å²) in [4.78, 5) is 11.3. The van der Waals surface area contributed by atoms with Crippen LogP contribution in [0.4, 0.5) is 14.5 Å². The van der Waals surface area contributed by atoms with Crippen LogP contribution in [0.25, 0.3) is 0 Å². The van der Waals surface area contributed by atoms with Crippen LogP contribution in [0.3, 0.4) is 0 Å². The number of anilines is 1.